The monoisotopic (exact) mass is 457 g/mol. The first-order valence-corrected chi connectivity index (χ1v) is 11.1. The number of Topliss-reactive ketones (excluding diaryl/α,β-unsaturated/α-hetero) is 1. The highest BCUT2D eigenvalue weighted by Crippen LogP contribution is 2.40. The van der Waals surface area contributed by atoms with E-state index in [9.17, 15) is 14.7 Å². The first-order valence-electron chi connectivity index (χ1n) is 11.1. The summed E-state index contributed by atoms with van der Waals surface area (Å²) in [4.78, 5) is 27.4. The van der Waals surface area contributed by atoms with Crippen LogP contribution in [0.1, 0.15) is 28.3 Å². The standard InChI is InChI=1S/C28H27NO5/c1-19-17-22(34-18-20-9-5-3-6-10-20)13-14-23(19)26(30)24-25(21-11-7-4-8-12-21)29(15-16-33-2)28(32)27(24)31/h3-14,17,25,30H,15-16,18H2,1-2H3/t25-/m1/s1. The van der Waals surface area contributed by atoms with Crippen molar-refractivity contribution in [3.8, 4) is 5.75 Å². The van der Waals surface area contributed by atoms with Gasteiger partial charge in [-0.3, -0.25) is 9.59 Å². The van der Waals surface area contributed by atoms with Crippen LogP contribution in [0.4, 0.5) is 0 Å². The zero-order chi connectivity index (χ0) is 24.1. The maximum atomic E-state index is 13.0. The normalized spacial score (nSPS) is 17.2. The van der Waals surface area contributed by atoms with E-state index in [1.165, 1.54) is 4.90 Å². The van der Waals surface area contributed by atoms with E-state index in [1.807, 2.05) is 73.7 Å². The molecule has 4 rings (SSSR count). The Morgan fingerprint density at radius 3 is 2.29 bits per heavy atom. The Morgan fingerprint density at radius 1 is 0.971 bits per heavy atom. The van der Waals surface area contributed by atoms with E-state index in [2.05, 4.69) is 0 Å². The smallest absolute Gasteiger partial charge is 0.295 e. The van der Waals surface area contributed by atoms with Crippen LogP contribution < -0.4 is 4.74 Å². The molecule has 0 bridgehead atoms. The van der Waals surface area contributed by atoms with Crippen molar-refractivity contribution in [1.29, 1.82) is 0 Å². The summed E-state index contributed by atoms with van der Waals surface area (Å²) in [6.45, 7) is 2.78. The molecule has 0 aliphatic carbocycles. The fraction of sp³-hybridized carbons (Fsp3) is 0.214. The Labute approximate surface area is 199 Å². The summed E-state index contributed by atoms with van der Waals surface area (Å²) in [7, 11) is 1.54. The van der Waals surface area contributed by atoms with Crippen molar-refractivity contribution in [2.24, 2.45) is 0 Å². The first-order chi connectivity index (χ1) is 16.5. The number of hydrogen-bond acceptors (Lipinski definition) is 5. The number of methoxy groups -OCH3 is 1. The quantitative estimate of drug-likeness (QED) is 0.303. The van der Waals surface area contributed by atoms with Crippen molar-refractivity contribution in [3.63, 3.8) is 0 Å². The molecule has 6 heteroatoms. The van der Waals surface area contributed by atoms with Gasteiger partial charge in [0.05, 0.1) is 18.2 Å². The second kappa shape index (κ2) is 10.4. The van der Waals surface area contributed by atoms with Crippen molar-refractivity contribution >= 4 is 17.4 Å². The van der Waals surface area contributed by atoms with Crippen LogP contribution in [0, 0.1) is 6.92 Å². The Kier molecular flexibility index (Phi) is 7.09. The molecule has 1 aliphatic rings. The minimum atomic E-state index is -0.703. The number of aliphatic hydroxyl groups excluding tert-OH is 1. The van der Waals surface area contributed by atoms with Gasteiger partial charge in [0.15, 0.2) is 0 Å². The van der Waals surface area contributed by atoms with Gasteiger partial charge < -0.3 is 19.5 Å². The van der Waals surface area contributed by atoms with Crippen LogP contribution in [0.5, 0.6) is 5.75 Å². The molecule has 0 aromatic heterocycles. The number of nitrogens with zero attached hydrogens (tertiary/aromatic N) is 1. The molecule has 6 nitrogen and oxygen atoms in total. The molecule has 1 aliphatic heterocycles. The molecule has 34 heavy (non-hydrogen) atoms. The summed E-state index contributed by atoms with van der Waals surface area (Å²) >= 11 is 0. The van der Waals surface area contributed by atoms with Gasteiger partial charge in [0.2, 0.25) is 0 Å². The van der Waals surface area contributed by atoms with E-state index in [-0.39, 0.29) is 24.5 Å². The molecule has 0 spiro atoms. The number of benzene rings is 3. The molecule has 1 saturated heterocycles. The van der Waals surface area contributed by atoms with E-state index in [4.69, 9.17) is 9.47 Å². The lowest BCUT2D eigenvalue weighted by Gasteiger charge is -2.25. The van der Waals surface area contributed by atoms with Gasteiger partial charge in [-0.2, -0.15) is 0 Å². The van der Waals surface area contributed by atoms with Gasteiger partial charge in [-0.05, 0) is 41.8 Å². The molecule has 174 valence electrons. The molecule has 1 heterocycles. The third kappa shape index (κ3) is 4.72. The summed E-state index contributed by atoms with van der Waals surface area (Å²) in [6.07, 6.45) is 0. The number of hydrogen-bond donors (Lipinski definition) is 1. The highest BCUT2D eigenvalue weighted by molar-refractivity contribution is 6.46. The van der Waals surface area contributed by atoms with E-state index >= 15 is 0 Å². The highest BCUT2D eigenvalue weighted by atomic mass is 16.5. The van der Waals surface area contributed by atoms with Crippen LogP contribution >= 0.6 is 0 Å². The molecule has 3 aromatic rings. The number of carbonyl (C=O) groups is 2. The predicted octanol–water partition coefficient (Wildman–Crippen LogP) is 4.64. The van der Waals surface area contributed by atoms with Crippen molar-refractivity contribution in [1.82, 2.24) is 4.90 Å². The second-order valence-corrected chi connectivity index (χ2v) is 8.15. The lowest BCUT2D eigenvalue weighted by molar-refractivity contribution is -0.140. The predicted molar refractivity (Wildman–Crippen MR) is 129 cm³/mol. The van der Waals surface area contributed by atoms with Gasteiger partial charge in [-0.15, -0.1) is 0 Å². The topological polar surface area (TPSA) is 76.1 Å². The summed E-state index contributed by atoms with van der Waals surface area (Å²) in [6, 6.07) is 23.7. The largest absolute Gasteiger partial charge is 0.507 e. The lowest BCUT2D eigenvalue weighted by Crippen LogP contribution is -2.32. The Hall–Kier alpha value is -3.90. The van der Waals surface area contributed by atoms with Crippen LogP contribution in [0.25, 0.3) is 5.76 Å². The molecule has 3 aromatic carbocycles. The Balaban J connectivity index is 1.68. The van der Waals surface area contributed by atoms with Gasteiger partial charge in [0.25, 0.3) is 11.7 Å². The van der Waals surface area contributed by atoms with Gasteiger partial charge in [-0.1, -0.05) is 60.7 Å². The highest BCUT2D eigenvalue weighted by Gasteiger charge is 2.45. The minimum absolute atomic E-state index is 0.0772. The molecule has 1 amide bonds. The van der Waals surface area contributed by atoms with Crippen molar-refractivity contribution in [3.05, 3.63) is 107 Å². The third-order valence-electron chi connectivity index (χ3n) is 5.89. The summed E-state index contributed by atoms with van der Waals surface area (Å²) in [5.74, 6) is -0.892. The number of likely N-dealkylation sites (tertiary alicyclic amines) is 1. The SMILES string of the molecule is COCCN1C(=O)C(=O)C(=C(O)c2ccc(OCc3ccccc3)cc2C)[C@H]1c1ccccc1. The van der Waals surface area contributed by atoms with E-state index < -0.39 is 17.7 Å². The van der Waals surface area contributed by atoms with E-state index in [0.717, 1.165) is 16.7 Å². The van der Waals surface area contributed by atoms with Gasteiger partial charge >= 0.3 is 0 Å². The maximum Gasteiger partial charge on any atom is 0.295 e. The minimum Gasteiger partial charge on any atom is -0.507 e. The van der Waals surface area contributed by atoms with Crippen LogP contribution in [-0.2, 0) is 20.9 Å². The van der Waals surface area contributed by atoms with Crippen molar-refractivity contribution in [2.45, 2.75) is 19.6 Å². The number of aliphatic hydroxyl groups is 1. The third-order valence-corrected chi connectivity index (χ3v) is 5.89. The van der Waals surface area contributed by atoms with Gasteiger partial charge in [0.1, 0.15) is 18.1 Å². The van der Waals surface area contributed by atoms with Crippen LogP contribution in [0.2, 0.25) is 0 Å². The fourth-order valence-corrected chi connectivity index (χ4v) is 4.16. The number of rotatable bonds is 8. The molecule has 0 radical (unpaired) electrons. The summed E-state index contributed by atoms with van der Waals surface area (Å²) in [5.41, 5.74) is 3.09. The molecular formula is C28H27NO5. The molecule has 0 saturated carbocycles. The lowest BCUT2D eigenvalue weighted by atomic mass is 9.94. The van der Waals surface area contributed by atoms with Crippen molar-refractivity contribution < 1.29 is 24.2 Å². The Bertz CT molecular complexity index is 1200. The van der Waals surface area contributed by atoms with Crippen molar-refractivity contribution in [2.75, 3.05) is 20.3 Å². The van der Waals surface area contributed by atoms with Crippen LogP contribution in [0.15, 0.2) is 84.4 Å². The molecule has 1 fully saturated rings. The fourth-order valence-electron chi connectivity index (χ4n) is 4.16. The second-order valence-electron chi connectivity index (χ2n) is 8.15. The average molecular weight is 458 g/mol. The van der Waals surface area contributed by atoms with E-state index in [1.54, 1.807) is 19.2 Å². The maximum absolute atomic E-state index is 13.0. The average Bonchev–Trinajstić information content (AvgIpc) is 3.12. The van der Waals surface area contributed by atoms with Crippen LogP contribution in [-0.4, -0.2) is 42.0 Å². The van der Waals surface area contributed by atoms with E-state index in [0.29, 0.717) is 17.9 Å². The summed E-state index contributed by atoms with van der Waals surface area (Å²) in [5, 5.41) is 11.3. The number of ether oxygens (including phenoxy) is 2. The van der Waals surface area contributed by atoms with Gasteiger partial charge in [0, 0.05) is 19.2 Å². The number of aryl methyl sites for hydroxylation is 1. The zero-order valence-electron chi connectivity index (χ0n) is 19.2. The zero-order valence-corrected chi connectivity index (χ0v) is 19.2. The molecule has 1 atom stereocenters. The first kappa shape index (κ1) is 23.3. The number of carbonyl (C=O) groups excluding carboxylic acids is 2. The molecule has 1 N–H and O–H groups in total. The summed E-state index contributed by atoms with van der Waals surface area (Å²) < 4.78 is 11.0. The Morgan fingerprint density at radius 2 is 1.65 bits per heavy atom. The molecular weight excluding hydrogens is 430 g/mol. The number of ketones is 1. The van der Waals surface area contributed by atoms with Gasteiger partial charge in [-0.25, -0.2) is 0 Å². The van der Waals surface area contributed by atoms with Crippen LogP contribution in [0.3, 0.4) is 0 Å². The molecule has 0 unspecified atom stereocenters. The number of amides is 1.